The average Bonchev–Trinajstić information content (AvgIpc) is 2.31. The van der Waals surface area contributed by atoms with Crippen LogP contribution in [0.4, 0.5) is 0 Å². The van der Waals surface area contributed by atoms with Crippen molar-refractivity contribution in [3.05, 3.63) is 0 Å². The number of nitrogens with zero attached hydrogens (tertiary/aromatic N) is 1. The van der Waals surface area contributed by atoms with Crippen molar-refractivity contribution in [1.29, 1.82) is 0 Å². The maximum absolute atomic E-state index is 11.9. The number of aliphatic hydroxyl groups is 1. The number of β-amino-alcohol motifs (C(OH)–C–C–N with tert-alkyl or cyclic N) is 1. The largest absolute Gasteiger partial charge is 0.467 e. The monoisotopic (exact) mass is 272 g/mol. The Kier molecular flexibility index (Phi) is 5.31. The Morgan fingerprint density at radius 2 is 2.05 bits per heavy atom. The van der Waals surface area contributed by atoms with Crippen LogP contribution in [0.5, 0.6) is 0 Å². The van der Waals surface area contributed by atoms with Crippen molar-refractivity contribution < 1.29 is 19.4 Å². The van der Waals surface area contributed by atoms with Crippen LogP contribution in [0.3, 0.4) is 0 Å². The first-order valence-corrected chi connectivity index (χ1v) is 6.61. The molecule has 0 aromatic rings. The lowest BCUT2D eigenvalue weighted by Gasteiger charge is -2.43. The van der Waals surface area contributed by atoms with Crippen molar-refractivity contribution in [2.75, 3.05) is 26.7 Å². The van der Waals surface area contributed by atoms with Gasteiger partial charge in [-0.3, -0.25) is 9.69 Å². The fraction of sp³-hybridized carbons (Fsp3) is 0.846. The molecule has 6 heteroatoms. The molecule has 1 amide bonds. The minimum atomic E-state index is -0.696. The summed E-state index contributed by atoms with van der Waals surface area (Å²) in [6.45, 7) is 6.74. The Hall–Kier alpha value is -1.14. The van der Waals surface area contributed by atoms with Gasteiger partial charge >= 0.3 is 5.97 Å². The SMILES string of the molecule is CCC(C)C(NC(=O)CN1CC(C)(O)C1)C(=O)OC. The fourth-order valence-corrected chi connectivity index (χ4v) is 2.25. The van der Waals surface area contributed by atoms with Crippen LogP contribution < -0.4 is 5.32 Å². The minimum Gasteiger partial charge on any atom is -0.467 e. The van der Waals surface area contributed by atoms with Gasteiger partial charge in [-0.05, 0) is 12.8 Å². The quantitative estimate of drug-likeness (QED) is 0.652. The van der Waals surface area contributed by atoms with Gasteiger partial charge in [-0.25, -0.2) is 4.79 Å². The van der Waals surface area contributed by atoms with E-state index in [9.17, 15) is 14.7 Å². The molecule has 2 unspecified atom stereocenters. The van der Waals surface area contributed by atoms with E-state index in [1.807, 2.05) is 18.7 Å². The standard InChI is InChI=1S/C13H24N2O4/c1-5-9(2)11(12(17)19-4)14-10(16)6-15-7-13(3,18)8-15/h9,11,18H,5-8H2,1-4H3,(H,14,16). The number of likely N-dealkylation sites (tertiary alicyclic amines) is 1. The summed E-state index contributed by atoms with van der Waals surface area (Å²) in [6.07, 6.45) is 0.776. The summed E-state index contributed by atoms with van der Waals surface area (Å²) < 4.78 is 4.71. The normalized spacial score (nSPS) is 21.1. The molecule has 0 bridgehead atoms. The van der Waals surface area contributed by atoms with Gasteiger partial charge in [-0.15, -0.1) is 0 Å². The molecule has 1 rings (SSSR count). The summed E-state index contributed by atoms with van der Waals surface area (Å²) in [6, 6.07) is -0.607. The average molecular weight is 272 g/mol. The van der Waals surface area contributed by atoms with Gasteiger partial charge in [0.1, 0.15) is 6.04 Å². The zero-order valence-corrected chi connectivity index (χ0v) is 12.1. The maximum Gasteiger partial charge on any atom is 0.328 e. The number of rotatable bonds is 6. The number of hydrogen-bond acceptors (Lipinski definition) is 5. The molecule has 0 radical (unpaired) electrons. The molecule has 0 spiro atoms. The van der Waals surface area contributed by atoms with E-state index in [-0.39, 0.29) is 18.4 Å². The highest BCUT2D eigenvalue weighted by Gasteiger charge is 2.37. The van der Waals surface area contributed by atoms with Crippen LogP contribution in [0.15, 0.2) is 0 Å². The van der Waals surface area contributed by atoms with Gasteiger partial charge in [-0.2, -0.15) is 0 Å². The number of hydrogen-bond donors (Lipinski definition) is 2. The Bertz CT molecular complexity index is 336. The Balaban J connectivity index is 2.46. The lowest BCUT2D eigenvalue weighted by atomic mass is 9.96. The van der Waals surface area contributed by atoms with E-state index in [2.05, 4.69) is 5.32 Å². The number of carbonyl (C=O) groups excluding carboxylic acids is 2. The molecule has 0 saturated carbocycles. The molecule has 6 nitrogen and oxygen atoms in total. The lowest BCUT2D eigenvalue weighted by Crippen LogP contribution is -2.62. The highest BCUT2D eigenvalue weighted by Crippen LogP contribution is 2.18. The molecule has 0 aliphatic carbocycles. The van der Waals surface area contributed by atoms with E-state index < -0.39 is 17.6 Å². The predicted octanol–water partition coefficient (Wildman–Crippen LogP) is -0.243. The van der Waals surface area contributed by atoms with E-state index >= 15 is 0 Å². The smallest absolute Gasteiger partial charge is 0.328 e. The van der Waals surface area contributed by atoms with E-state index in [1.165, 1.54) is 7.11 Å². The number of methoxy groups -OCH3 is 1. The fourth-order valence-electron chi connectivity index (χ4n) is 2.25. The first-order valence-electron chi connectivity index (χ1n) is 6.61. The van der Waals surface area contributed by atoms with E-state index in [0.29, 0.717) is 13.1 Å². The van der Waals surface area contributed by atoms with Crippen molar-refractivity contribution in [2.45, 2.75) is 38.8 Å². The second kappa shape index (κ2) is 6.34. The summed E-state index contributed by atoms with van der Waals surface area (Å²) in [5.74, 6) is -0.611. The van der Waals surface area contributed by atoms with Crippen LogP contribution in [0.25, 0.3) is 0 Å². The zero-order chi connectivity index (χ0) is 14.6. The second-order valence-corrected chi connectivity index (χ2v) is 5.60. The molecule has 2 N–H and O–H groups in total. The number of ether oxygens (including phenoxy) is 1. The molecule has 19 heavy (non-hydrogen) atoms. The Morgan fingerprint density at radius 3 is 2.47 bits per heavy atom. The van der Waals surface area contributed by atoms with Gasteiger partial charge in [0.2, 0.25) is 5.91 Å². The van der Waals surface area contributed by atoms with Gasteiger partial charge in [0.15, 0.2) is 0 Å². The van der Waals surface area contributed by atoms with Gasteiger partial charge in [0.25, 0.3) is 0 Å². The Morgan fingerprint density at radius 1 is 1.47 bits per heavy atom. The Labute approximate surface area is 114 Å². The number of nitrogens with one attached hydrogen (secondary N) is 1. The van der Waals surface area contributed by atoms with Crippen LogP contribution >= 0.6 is 0 Å². The van der Waals surface area contributed by atoms with Crippen molar-refractivity contribution in [3.63, 3.8) is 0 Å². The molecule has 110 valence electrons. The molecule has 2 atom stereocenters. The van der Waals surface area contributed by atoms with Gasteiger partial charge < -0.3 is 15.2 Å². The molecule has 0 aromatic carbocycles. The summed E-state index contributed by atoms with van der Waals surface area (Å²) >= 11 is 0. The van der Waals surface area contributed by atoms with Crippen LogP contribution in [-0.4, -0.2) is 60.3 Å². The van der Waals surface area contributed by atoms with Crippen LogP contribution in [0, 0.1) is 5.92 Å². The first-order chi connectivity index (χ1) is 8.79. The molecular weight excluding hydrogens is 248 g/mol. The van der Waals surface area contributed by atoms with Crippen LogP contribution in [-0.2, 0) is 14.3 Å². The van der Waals surface area contributed by atoms with Crippen molar-refractivity contribution in [3.8, 4) is 0 Å². The van der Waals surface area contributed by atoms with Gasteiger partial charge in [0, 0.05) is 13.1 Å². The third kappa shape index (κ3) is 4.47. The third-order valence-corrected chi connectivity index (χ3v) is 3.48. The highest BCUT2D eigenvalue weighted by atomic mass is 16.5. The van der Waals surface area contributed by atoms with Crippen molar-refractivity contribution >= 4 is 11.9 Å². The predicted molar refractivity (Wildman–Crippen MR) is 70.5 cm³/mol. The van der Waals surface area contributed by atoms with Crippen LogP contribution in [0.2, 0.25) is 0 Å². The topological polar surface area (TPSA) is 78.9 Å². The maximum atomic E-state index is 11.9. The van der Waals surface area contributed by atoms with E-state index in [4.69, 9.17) is 4.74 Å². The highest BCUT2D eigenvalue weighted by molar-refractivity contribution is 5.85. The molecule has 1 aliphatic rings. The molecule has 1 saturated heterocycles. The number of esters is 1. The van der Waals surface area contributed by atoms with E-state index in [1.54, 1.807) is 6.92 Å². The molecule has 1 fully saturated rings. The van der Waals surface area contributed by atoms with E-state index in [0.717, 1.165) is 6.42 Å². The minimum absolute atomic E-state index is 0.0240. The van der Waals surface area contributed by atoms with Gasteiger partial charge in [-0.1, -0.05) is 20.3 Å². The first kappa shape index (κ1) is 15.9. The van der Waals surface area contributed by atoms with Gasteiger partial charge in [0.05, 0.1) is 19.3 Å². The summed E-state index contributed by atoms with van der Waals surface area (Å²) in [4.78, 5) is 25.3. The molecule has 1 aliphatic heterocycles. The molecule has 0 aromatic heterocycles. The third-order valence-electron chi connectivity index (χ3n) is 3.48. The second-order valence-electron chi connectivity index (χ2n) is 5.60. The van der Waals surface area contributed by atoms with Crippen molar-refractivity contribution in [2.24, 2.45) is 5.92 Å². The number of amides is 1. The number of carbonyl (C=O) groups is 2. The molecule has 1 heterocycles. The lowest BCUT2D eigenvalue weighted by molar-refractivity contribution is -0.147. The summed E-state index contributed by atoms with van der Waals surface area (Å²) in [5, 5.41) is 12.3. The summed E-state index contributed by atoms with van der Waals surface area (Å²) in [7, 11) is 1.32. The van der Waals surface area contributed by atoms with Crippen LogP contribution in [0.1, 0.15) is 27.2 Å². The molecular formula is C13H24N2O4. The van der Waals surface area contributed by atoms with Crippen molar-refractivity contribution in [1.82, 2.24) is 10.2 Å². The zero-order valence-electron chi connectivity index (χ0n) is 12.1. The summed E-state index contributed by atoms with van der Waals surface area (Å²) in [5.41, 5.74) is -0.696.